The molecule has 0 atom stereocenters. The molecule has 2 aromatic rings. The third kappa shape index (κ3) is 2.98. The Morgan fingerprint density at radius 1 is 1.47 bits per heavy atom. The zero-order valence-electron chi connectivity index (χ0n) is 9.23. The van der Waals surface area contributed by atoms with Crippen LogP contribution in [0.25, 0.3) is 0 Å². The lowest BCUT2D eigenvalue weighted by Crippen LogP contribution is -2.14. The summed E-state index contributed by atoms with van der Waals surface area (Å²) in [4.78, 5) is 18.2. The van der Waals surface area contributed by atoms with Gasteiger partial charge in [-0.15, -0.1) is 12.4 Å². The van der Waals surface area contributed by atoms with E-state index in [-0.39, 0.29) is 29.8 Å². The van der Waals surface area contributed by atoms with Crippen molar-refractivity contribution in [3.63, 3.8) is 0 Å². The van der Waals surface area contributed by atoms with Crippen LogP contribution in [0.15, 0.2) is 30.6 Å². The summed E-state index contributed by atoms with van der Waals surface area (Å²) in [7, 11) is 0. The topological polar surface area (TPSA) is 83.8 Å². The van der Waals surface area contributed by atoms with Crippen LogP contribution < -0.4 is 11.1 Å². The van der Waals surface area contributed by atoms with Gasteiger partial charge in [0.05, 0.1) is 6.33 Å². The fourth-order valence-corrected chi connectivity index (χ4v) is 1.40. The molecule has 4 N–H and O–H groups in total. The molecular formula is C11H13ClN4O. The zero-order chi connectivity index (χ0) is 11.5. The number of halogens is 1. The standard InChI is InChI=1S/C11H12N4O.ClH/c1-7-3-2-4-8(5-7)15-11(16)9-10(12)14-6-13-9;/h2-6H,12H2,1H3,(H,13,14)(H,15,16);1H. The smallest absolute Gasteiger partial charge is 0.275 e. The molecule has 1 heterocycles. The number of aromatic nitrogens is 2. The van der Waals surface area contributed by atoms with E-state index in [4.69, 9.17) is 5.73 Å². The van der Waals surface area contributed by atoms with E-state index in [0.717, 1.165) is 11.3 Å². The lowest BCUT2D eigenvalue weighted by molar-refractivity contribution is 0.102. The van der Waals surface area contributed by atoms with Crippen LogP contribution in [-0.4, -0.2) is 15.9 Å². The Kier molecular flexibility index (Phi) is 4.12. The first-order valence-corrected chi connectivity index (χ1v) is 4.83. The molecule has 2 rings (SSSR count). The zero-order valence-corrected chi connectivity index (χ0v) is 10.0. The molecule has 6 heteroatoms. The average Bonchev–Trinajstić information content (AvgIpc) is 2.64. The molecule has 90 valence electrons. The van der Waals surface area contributed by atoms with Gasteiger partial charge in [0.2, 0.25) is 0 Å². The Labute approximate surface area is 105 Å². The SMILES string of the molecule is Cc1cccc(NC(=O)c2[nH]cnc2N)c1.Cl. The van der Waals surface area contributed by atoms with Crippen molar-refractivity contribution in [1.29, 1.82) is 0 Å². The van der Waals surface area contributed by atoms with Gasteiger partial charge in [-0.1, -0.05) is 12.1 Å². The van der Waals surface area contributed by atoms with E-state index in [0.29, 0.717) is 0 Å². The molecule has 0 aliphatic heterocycles. The van der Waals surface area contributed by atoms with Crippen LogP contribution in [0.2, 0.25) is 0 Å². The molecule has 0 aliphatic rings. The summed E-state index contributed by atoms with van der Waals surface area (Å²) in [5.41, 5.74) is 7.62. The highest BCUT2D eigenvalue weighted by Crippen LogP contribution is 2.12. The summed E-state index contributed by atoms with van der Waals surface area (Å²) in [6.07, 6.45) is 1.39. The number of nitrogen functional groups attached to an aromatic ring is 1. The number of aromatic amines is 1. The summed E-state index contributed by atoms with van der Waals surface area (Å²) < 4.78 is 0. The number of carbonyl (C=O) groups is 1. The fourth-order valence-electron chi connectivity index (χ4n) is 1.40. The number of H-pyrrole nitrogens is 1. The largest absolute Gasteiger partial charge is 0.382 e. The van der Waals surface area contributed by atoms with Crippen LogP contribution in [0.3, 0.4) is 0 Å². The Hall–Kier alpha value is -2.01. The van der Waals surface area contributed by atoms with Crippen LogP contribution in [0, 0.1) is 6.92 Å². The lowest BCUT2D eigenvalue weighted by Gasteiger charge is -2.04. The van der Waals surface area contributed by atoms with Gasteiger partial charge in [-0.3, -0.25) is 4.79 Å². The van der Waals surface area contributed by atoms with Crippen LogP contribution in [0.5, 0.6) is 0 Å². The molecule has 0 bridgehead atoms. The fraction of sp³-hybridized carbons (Fsp3) is 0.0909. The van der Waals surface area contributed by atoms with Crippen molar-refractivity contribution in [3.05, 3.63) is 41.9 Å². The second-order valence-corrected chi connectivity index (χ2v) is 3.49. The van der Waals surface area contributed by atoms with Crippen molar-refractivity contribution in [3.8, 4) is 0 Å². The van der Waals surface area contributed by atoms with Crippen molar-refractivity contribution in [2.24, 2.45) is 0 Å². The first-order chi connectivity index (χ1) is 7.66. The molecule has 1 amide bonds. The maximum absolute atomic E-state index is 11.7. The van der Waals surface area contributed by atoms with E-state index in [1.165, 1.54) is 6.33 Å². The highest BCUT2D eigenvalue weighted by molar-refractivity contribution is 6.05. The van der Waals surface area contributed by atoms with Gasteiger partial charge in [-0.05, 0) is 24.6 Å². The van der Waals surface area contributed by atoms with E-state index < -0.39 is 0 Å². The van der Waals surface area contributed by atoms with Crippen LogP contribution in [0.4, 0.5) is 11.5 Å². The highest BCUT2D eigenvalue weighted by Gasteiger charge is 2.11. The predicted octanol–water partition coefficient (Wildman–Crippen LogP) is 1.97. The Morgan fingerprint density at radius 3 is 2.82 bits per heavy atom. The van der Waals surface area contributed by atoms with Crippen LogP contribution in [0.1, 0.15) is 16.1 Å². The van der Waals surface area contributed by atoms with Gasteiger partial charge in [0.1, 0.15) is 5.69 Å². The highest BCUT2D eigenvalue weighted by atomic mass is 35.5. The summed E-state index contributed by atoms with van der Waals surface area (Å²) >= 11 is 0. The maximum Gasteiger partial charge on any atom is 0.275 e. The maximum atomic E-state index is 11.7. The number of benzene rings is 1. The quantitative estimate of drug-likeness (QED) is 0.764. The molecule has 0 saturated heterocycles. The Balaban J connectivity index is 0.00000144. The number of carbonyl (C=O) groups excluding carboxylic acids is 1. The van der Waals surface area contributed by atoms with Crippen molar-refractivity contribution in [2.75, 3.05) is 11.1 Å². The molecule has 1 aromatic heterocycles. The molecule has 0 saturated carbocycles. The second kappa shape index (κ2) is 5.36. The first-order valence-electron chi connectivity index (χ1n) is 4.83. The average molecular weight is 253 g/mol. The predicted molar refractivity (Wildman–Crippen MR) is 69.4 cm³/mol. The van der Waals surface area contributed by atoms with Crippen molar-refractivity contribution in [1.82, 2.24) is 9.97 Å². The third-order valence-corrected chi connectivity index (χ3v) is 2.17. The molecule has 5 nitrogen and oxygen atoms in total. The van der Waals surface area contributed by atoms with Crippen LogP contribution >= 0.6 is 12.4 Å². The van der Waals surface area contributed by atoms with Crippen molar-refractivity contribution in [2.45, 2.75) is 6.92 Å². The number of amides is 1. The molecule has 0 unspecified atom stereocenters. The van der Waals surface area contributed by atoms with Gasteiger partial charge in [-0.2, -0.15) is 0 Å². The van der Waals surface area contributed by atoms with Gasteiger partial charge in [-0.25, -0.2) is 4.98 Å². The molecular weight excluding hydrogens is 240 g/mol. The van der Waals surface area contributed by atoms with Crippen molar-refractivity contribution < 1.29 is 4.79 Å². The minimum absolute atomic E-state index is 0. The minimum Gasteiger partial charge on any atom is -0.382 e. The molecule has 0 aliphatic carbocycles. The van der Waals surface area contributed by atoms with Gasteiger partial charge >= 0.3 is 0 Å². The second-order valence-electron chi connectivity index (χ2n) is 3.49. The van der Waals surface area contributed by atoms with E-state index in [1.54, 1.807) is 0 Å². The minimum atomic E-state index is -0.291. The van der Waals surface area contributed by atoms with E-state index in [9.17, 15) is 4.79 Å². The number of nitrogens with one attached hydrogen (secondary N) is 2. The van der Waals surface area contributed by atoms with E-state index >= 15 is 0 Å². The lowest BCUT2D eigenvalue weighted by atomic mass is 10.2. The summed E-state index contributed by atoms with van der Waals surface area (Å²) in [6, 6.07) is 7.53. The van der Waals surface area contributed by atoms with Crippen LogP contribution in [-0.2, 0) is 0 Å². The van der Waals surface area contributed by atoms with Crippen molar-refractivity contribution >= 4 is 29.8 Å². The Morgan fingerprint density at radius 2 is 2.24 bits per heavy atom. The number of aryl methyl sites for hydroxylation is 1. The number of nitrogens with zero attached hydrogens (tertiary/aromatic N) is 1. The summed E-state index contributed by atoms with van der Waals surface area (Å²) in [5, 5.41) is 2.74. The number of anilines is 2. The number of hydrogen-bond acceptors (Lipinski definition) is 3. The van der Waals surface area contributed by atoms with Gasteiger partial charge in [0.25, 0.3) is 5.91 Å². The molecule has 0 radical (unpaired) electrons. The monoisotopic (exact) mass is 252 g/mol. The normalized spacial score (nSPS) is 9.47. The molecule has 0 fully saturated rings. The third-order valence-electron chi connectivity index (χ3n) is 2.17. The van der Waals surface area contributed by atoms with Gasteiger partial charge in [0, 0.05) is 5.69 Å². The Bertz CT molecular complexity index is 524. The van der Waals surface area contributed by atoms with E-state index in [1.807, 2.05) is 31.2 Å². The number of rotatable bonds is 2. The number of imidazole rings is 1. The van der Waals surface area contributed by atoms with Gasteiger partial charge in [0.15, 0.2) is 5.82 Å². The number of nitrogens with two attached hydrogens (primary N) is 1. The summed E-state index contributed by atoms with van der Waals surface area (Å²) in [5.74, 6) is -0.0919. The molecule has 17 heavy (non-hydrogen) atoms. The molecule has 1 aromatic carbocycles. The van der Waals surface area contributed by atoms with E-state index in [2.05, 4.69) is 15.3 Å². The molecule has 0 spiro atoms. The summed E-state index contributed by atoms with van der Waals surface area (Å²) in [6.45, 7) is 1.96. The number of hydrogen-bond donors (Lipinski definition) is 3. The first kappa shape index (κ1) is 13.1. The van der Waals surface area contributed by atoms with Gasteiger partial charge < -0.3 is 16.0 Å².